The Kier molecular flexibility index (Phi) is 5.27. The van der Waals surface area contributed by atoms with Crippen molar-refractivity contribution in [3.05, 3.63) is 66.0 Å². The van der Waals surface area contributed by atoms with Crippen LogP contribution in [0, 0.1) is 0 Å². The Morgan fingerprint density at radius 3 is 2.71 bits per heavy atom. The molecule has 7 nitrogen and oxygen atoms in total. The van der Waals surface area contributed by atoms with Crippen LogP contribution in [0.5, 0.6) is 0 Å². The Labute approximate surface area is 163 Å². The predicted molar refractivity (Wildman–Crippen MR) is 106 cm³/mol. The summed E-state index contributed by atoms with van der Waals surface area (Å²) in [7, 11) is 0. The van der Waals surface area contributed by atoms with E-state index in [1.54, 1.807) is 0 Å². The number of hydrogen-bond acceptors (Lipinski definition) is 4. The van der Waals surface area contributed by atoms with Crippen LogP contribution in [0.3, 0.4) is 0 Å². The highest BCUT2D eigenvalue weighted by molar-refractivity contribution is 5.75. The fourth-order valence-electron chi connectivity index (χ4n) is 3.32. The summed E-state index contributed by atoms with van der Waals surface area (Å²) < 4.78 is 7.29. The molecule has 0 bridgehead atoms. The van der Waals surface area contributed by atoms with Gasteiger partial charge in [0.2, 0.25) is 0 Å². The first-order chi connectivity index (χ1) is 13.6. The number of aromatic nitrogens is 2. The summed E-state index contributed by atoms with van der Waals surface area (Å²) in [6, 6.07) is 15.9. The molecule has 0 saturated carbocycles. The van der Waals surface area contributed by atoms with Gasteiger partial charge in [0, 0.05) is 26.1 Å². The van der Waals surface area contributed by atoms with Gasteiger partial charge in [0.25, 0.3) is 0 Å². The van der Waals surface area contributed by atoms with Crippen LogP contribution in [0.1, 0.15) is 17.5 Å². The number of para-hydroxylation sites is 2. The third kappa shape index (κ3) is 4.32. The SMILES string of the molecule is O=C(NCc1ccc(Cn2cnc3ccccc32)cc1)NCC1(O)CCOC1. The first-order valence-electron chi connectivity index (χ1n) is 9.41. The lowest BCUT2D eigenvalue weighted by atomic mass is 10.0. The third-order valence-electron chi connectivity index (χ3n) is 5.02. The Hall–Kier alpha value is -2.90. The van der Waals surface area contributed by atoms with Crippen molar-refractivity contribution in [1.82, 2.24) is 20.2 Å². The fourth-order valence-corrected chi connectivity index (χ4v) is 3.32. The van der Waals surface area contributed by atoms with Crippen molar-refractivity contribution in [2.45, 2.75) is 25.1 Å². The number of nitrogens with zero attached hydrogens (tertiary/aromatic N) is 2. The molecule has 2 aromatic carbocycles. The monoisotopic (exact) mass is 380 g/mol. The molecule has 1 saturated heterocycles. The lowest BCUT2D eigenvalue weighted by Gasteiger charge is -2.20. The largest absolute Gasteiger partial charge is 0.386 e. The van der Waals surface area contributed by atoms with Gasteiger partial charge in [0.15, 0.2) is 0 Å². The molecule has 0 radical (unpaired) electrons. The summed E-state index contributed by atoms with van der Waals surface area (Å²) in [5, 5.41) is 15.7. The summed E-state index contributed by atoms with van der Waals surface area (Å²) in [6.07, 6.45) is 2.40. The second kappa shape index (κ2) is 8.00. The van der Waals surface area contributed by atoms with E-state index in [2.05, 4.69) is 38.4 Å². The van der Waals surface area contributed by atoms with Crippen LogP contribution < -0.4 is 10.6 Å². The molecule has 2 amide bonds. The summed E-state index contributed by atoms with van der Waals surface area (Å²) in [4.78, 5) is 16.3. The van der Waals surface area contributed by atoms with E-state index in [1.165, 1.54) is 5.56 Å². The Bertz CT molecular complexity index is 946. The summed E-state index contributed by atoms with van der Waals surface area (Å²) >= 11 is 0. The van der Waals surface area contributed by atoms with E-state index >= 15 is 0 Å². The number of amides is 2. The second-order valence-corrected chi connectivity index (χ2v) is 7.24. The maximum Gasteiger partial charge on any atom is 0.315 e. The van der Waals surface area contributed by atoms with Gasteiger partial charge in [-0.1, -0.05) is 36.4 Å². The van der Waals surface area contributed by atoms with Crippen LogP contribution >= 0.6 is 0 Å². The molecule has 0 spiro atoms. The highest BCUT2D eigenvalue weighted by atomic mass is 16.5. The molecule has 0 aliphatic carbocycles. The van der Waals surface area contributed by atoms with E-state index in [0.29, 0.717) is 19.6 Å². The van der Waals surface area contributed by atoms with Crippen molar-refractivity contribution in [3.8, 4) is 0 Å². The number of carbonyl (C=O) groups is 1. The van der Waals surface area contributed by atoms with Gasteiger partial charge in [0.05, 0.1) is 30.5 Å². The summed E-state index contributed by atoms with van der Waals surface area (Å²) in [6.45, 7) is 2.16. The average Bonchev–Trinajstić information content (AvgIpc) is 3.33. The molecule has 1 unspecified atom stereocenters. The Balaban J connectivity index is 1.28. The van der Waals surface area contributed by atoms with Crippen molar-refractivity contribution < 1.29 is 14.6 Å². The van der Waals surface area contributed by atoms with Crippen LogP contribution in [0.4, 0.5) is 4.79 Å². The van der Waals surface area contributed by atoms with Crippen LogP contribution in [0.2, 0.25) is 0 Å². The van der Waals surface area contributed by atoms with Gasteiger partial charge in [0.1, 0.15) is 5.60 Å². The topological polar surface area (TPSA) is 88.4 Å². The van der Waals surface area contributed by atoms with Crippen molar-refractivity contribution in [2.75, 3.05) is 19.8 Å². The number of aliphatic hydroxyl groups is 1. The zero-order valence-electron chi connectivity index (χ0n) is 15.6. The number of urea groups is 1. The van der Waals surface area contributed by atoms with Crippen LogP contribution in [-0.4, -0.2) is 46.0 Å². The third-order valence-corrected chi connectivity index (χ3v) is 5.02. The molecular weight excluding hydrogens is 356 g/mol. The first kappa shape index (κ1) is 18.5. The maximum atomic E-state index is 11.9. The molecule has 3 N–H and O–H groups in total. The molecule has 4 rings (SSSR count). The molecule has 28 heavy (non-hydrogen) atoms. The first-order valence-corrected chi connectivity index (χ1v) is 9.41. The van der Waals surface area contributed by atoms with Gasteiger partial charge in [-0.15, -0.1) is 0 Å². The molecule has 1 aliphatic heterocycles. The minimum Gasteiger partial charge on any atom is -0.386 e. The van der Waals surface area contributed by atoms with E-state index in [4.69, 9.17) is 4.74 Å². The van der Waals surface area contributed by atoms with Crippen LogP contribution in [0.15, 0.2) is 54.9 Å². The normalized spacial score (nSPS) is 19.0. The van der Waals surface area contributed by atoms with E-state index < -0.39 is 5.60 Å². The lowest BCUT2D eigenvalue weighted by Crippen LogP contribution is -2.46. The molecule has 1 aliphatic rings. The van der Waals surface area contributed by atoms with Gasteiger partial charge in [-0.3, -0.25) is 0 Å². The van der Waals surface area contributed by atoms with Gasteiger partial charge in [-0.25, -0.2) is 9.78 Å². The van der Waals surface area contributed by atoms with Crippen molar-refractivity contribution in [2.24, 2.45) is 0 Å². The van der Waals surface area contributed by atoms with E-state index in [9.17, 15) is 9.90 Å². The Morgan fingerprint density at radius 1 is 1.14 bits per heavy atom. The van der Waals surface area contributed by atoms with Crippen molar-refractivity contribution in [1.29, 1.82) is 0 Å². The smallest absolute Gasteiger partial charge is 0.315 e. The standard InChI is InChI=1S/C21H24N4O3/c26-20(23-13-21(27)9-10-28-14-21)22-11-16-5-7-17(8-6-16)12-25-15-24-18-3-1-2-4-19(18)25/h1-8,15,27H,9-14H2,(H2,22,23,26). The van der Waals surface area contributed by atoms with Gasteiger partial charge < -0.3 is 25.0 Å². The van der Waals surface area contributed by atoms with Crippen molar-refractivity contribution >= 4 is 17.1 Å². The van der Waals surface area contributed by atoms with Gasteiger partial charge in [-0.2, -0.15) is 0 Å². The van der Waals surface area contributed by atoms with E-state index in [1.807, 2.05) is 36.7 Å². The minimum absolute atomic E-state index is 0.191. The number of carbonyl (C=O) groups excluding carboxylic acids is 1. The number of hydrogen-bond donors (Lipinski definition) is 3. The lowest BCUT2D eigenvalue weighted by molar-refractivity contribution is 0.0292. The molecular formula is C21H24N4O3. The van der Waals surface area contributed by atoms with Gasteiger partial charge >= 0.3 is 6.03 Å². The molecule has 1 atom stereocenters. The number of ether oxygens (including phenoxy) is 1. The molecule has 2 heterocycles. The average molecular weight is 380 g/mol. The zero-order valence-corrected chi connectivity index (χ0v) is 15.6. The van der Waals surface area contributed by atoms with Crippen LogP contribution in [0.25, 0.3) is 11.0 Å². The predicted octanol–water partition coefficient (Wildman–Crippen LogP) is 2.04. The zero-order chi connectivity index (χ0) is 19.4. The number of fused-ring (bicyclic) bond motifs is 1. The van der Waals surface area contributed by atoms with Crippen LogP contribution in [-0.2, 0) is 17.8 Å². The second-order valence-electron chi connectivity index (χ2n) is 7.24. The molecule has 7 heteroatoms. The summed E-state index contributed by atoms with van der Waals surface area (Å²) in [5.74, 6) is 0. The fraction of sp³-hybridized carbons (Fsp3) is 0.333. The molecule has 1 fully saturated rings. The summed E-state index contributed by atoms with van der Waals surface area (Å²) in [5.41, 5.74) is 3.33. The highest BCUT2D eigenvalue weighted by Gasteiger charge is 2.32. The van der Waals surface area contributed by atoms with Crippen molar-refractivity contribution in [3.63, 3.8) is 0 Å². The molecule has 3 aromatic rings. The quantitative estimate of drug-likeness (QED) is 0.611. The van der Waals surface area contributed by atoms with Gasteiger partial charge in [-0.05, 0) is 23.3 Å². The molecule has 1 aromatic heterocycles. The minimum atomic E-state index is -0.948. The molecule has 146 valence electrons. The number of nitrogens with one attached hydrogen (secondary N) is 2. The number of imidazole rings is 1. The number of rotatable bonds is 6. The van der Waals surface area contributed by atoms with E-state index in [0.717, 1.165) is 23.1 Å². The number of benzene rings is 2. The highest BCUT2D eigenvalue weighted by Crippen LogP contribution is 2.17. The maximum absolute atomic E-state index is 11.9. The van der Waals surface area contributed by atoms with E-state index in [-0.39, 0.29) is 19.2 Å². The Morgan fingerprint density at radius 2 is 1.93 bits per heavy atom.